The van der Waals surface area contributed by atoms with E-state index in [0.717, 1.165) is 0 Å². The van der Waals surface area contributed by atoms with Crippen molar-refractivity contribution in [3.05, 3.63) is 0 Å². The van der Waals surface area contributed by atoms with Gasteiger partial charge in [-0.05, 0) is 6.42 Å². The monoisotopic (exact) mass is 255 g/mol. The molecule has 0 bridgehead atoms. The van der Waals surface area contributed by atoms with Crippen LogP contribution in [0.2, 0.25) is 0 Å². The van der Waals surface area contributed by atoms with Crippen molar-refractivity contribution in [2.45, 2.75) is 25.0 Å². The van der Waals surface area contributed by atoms with Gasteiger partial charge >= 0.3 is 0 Å². The summed E-state index contributed by atoms with van der Waals surface area (Å²) < 4.78 is 5.30. The van der Waals surface area contributed by atoms with Crippen LogP contribution in [-0.4, -0.2) is 61.5 Å². The molecule has 2 atom stereocenters. The predicted molar refractivity (Wildman–Crippen MR) is 61.6 cm³/mol. The summed E-state index contributed by atoms with van der Waals surface area (Å²) in [6, 6.07) is -0.430. The van der Waals surface area contributed by atoms with Gasteiger partial charge < -0.3 is 20.3 Å². The van der Waals surface area contributed by atoms with Crippen LogP contribution in [-0.2, 0) is 19.1 Å². The molecule has 0 saturated carbocycles. The SMILES string of the molecule is CN1CC(CNC(=O)C2CCC(=O)N2)OCC1=O. The van der Waals surface area contributed by atoms with Gasteiger partial charge in [-0.2, -0.15) is 0 Å². The lowest BCUT2D eigenvalue weighted by atomic mass is 10.2. The number of ether oxygens (including phenoxy) is 1. The number of carbonyl (C=O) groups excluding carboxylic acids is 3. The number of rotatable bonds is 3. The van der Waals surface area contributed by atoms with Gasteiger partial charge in [0.1, 0.15) is 12.6 Å². The Hall–Kier alpha value is -1.63. The van der Waals surface area contributed by atoms with Gasteiger partial charge in [-0.1, -0.05) is 0 Å². The zero-order valence-electron chi connectivity index (χ0n) is 10.3. The van der Waals surface area contributed by atoms with Gasteiger partial charge in [0.25, 0.3) is 0 Å². The van der Waals surface area contributed by atoms with E-state index < -0.39 is 6.04 Å². The average Bonchev–Trinajstić information content (AvgIpc) is 2.77. The zero-order valence-corrected chi connectivity index (χ0v) is 10.3. The zero-order chi connectivity index (χ0) is 13.1. The molecule has 2 unspecified atom stereocenters. The Balaban J connectivity index is 1.73. The molecule has 3 amide bonds. The maximum atomic E-state index is 11.7. The van der Waals surface area contributed by atoms with Gasteiger partial charge in [-0.15, -0.1) is 0 Å². The number of nitrogens with zero attached hydrogens (tertiary/aromatic N) is 1. The summed E-state index contributed by atoms with van der Waals surface area (Å²) in [5.74, 6) is -0.334. The van der Waals surface area contributed by atoms with Crippen molar-refractivity contribution in [1.82, 2.24) is 15.5 Å². The van der Waals surface area contributed by atoms with E-state index >= 15 is 0 Å². The average molecular weight is 255 g/mol. The highest BCUT2D eigenvalue weighted by atomic mass is 16.5. The third-order valence-corrected chi connectivity index (χ3v) is 3.16. The van der Waals surface area contributed by atoms with E-state index in [0.29, 0.717) is 25.9 Å². The van der Waals surface area contributed by atoms with E-state index in [1.807, 2.05) is 0 Å². The Labute approximate surface area is 105 Å². The molecule has 18 heavy (non-hydrogen) atoms. The minimum Gasteiger partial charge on any atom is -0.365 e. The maximum Gasteiger partial charge on any atom is 0.248 e. The molecule has 7 nitrogen and oxygen atoms in total. The molecule has 0 aromatic rings. The van der Waals surface area contributed by atoms with Crippen LogP contribution in [0.15, 0.2) is 0 Å². The lowest BCUT2D eigenvalue weighted by molar-refractivity contribution is -0.146. The highest BCUT2D eigenvalue weighted by molar-refractivity contribution is 5.90. The Kier molecular flexibility index (Phi) is 3.81. The van der Waals surface area contributed by atoms with Crippen molar-refractivity contribution in [2.24, 2.45) is 0 Å². The number of hydrogen-bond acceptors (Lipinski definition) is 4. The lowest BCUT2D eigenvalue weighted by Crippen LogP contribution is -2.51. The van der Waals surface area contributed by atoms with E-state index in [9.17, 15) is 14.4 Å². The smallest absolute Gasteiger partial charge is 0.248 e. The van der Waals surface area contributed by atoms with Crippen molar-refractivity contribution in [3.63, 3.8) is 0 Å². The van der Waals surface area contributed by atoms with Gasteiger partial charge in [-0.3, -0.25) is 14.4 Å². The van der Waals surface area contributed by atoms with Crippen LogP contribution in [0.3, 0.4) is 0 Å². The van der Waals surface area contributed by atoms with E-state index in [4.69, 9.17) is 4.74 Å². The van der Waals surface area contributed by atoms with Gasteiger partial charge in [-0.25, -0.2) is 0 Å². The number of amides is 3. The normalized spacial score (nSPS) is 28.2. The number of morpholine rings is 1. The highest BCUT2D eigenvalue weighted by Gasteiger charge is 2.28. The Morgan fingerprint density at radius 3 is 2.94 bits per heavy atom. The van der Waals surface area contributed by atoms with Gasteiger partial charge in [0.15, 0.2) is 0 Å². The first-order chi connectivity index (χ1) is 8.56. The van der Waals surface area contributed by atoms with Crippen LogP contribution in [0.4, 0.5) is 0 Å². The van der Waals surface area contributed by atoms with Crippen molar-refractivity contribution >= 4 is 17.7 Å². The molecular formula is C11H17N3O4. The van der Waals surface area contributed by atoms with Crippen molar-refractivity contribution in [3.8, 4) is 0 Å². The molecule has 0 radical (unpaired) electrons. The first kappa shape index (κ1) is 12.8. The lowest BCUT2D eigenvalue weighted by Gasteiger charge is -2.30. The summed E-state index contributed by atoms with van der Waals surface area (Å²) in [6.07, 6.45) is 0.748. The third kappa shape index (κ3) is 2.98. The van der Waals surface area contributed by atoms with E-state index in [1.54, 1.807) is 11.9 Å². The second-order valence-corrected chi connectivity index (χ2v) is 4.61. The summed E-state index contributed by atoms with van der Waals surface area (Å²) in [6.45, 7) is 0.871. The van der Waals surface area contributed by atoms with Gasteiger partial charge in [0.2, 0.25) is 17.7 Å². The van der Waals surface area contributed by atoms with Crippen LogP contribution >= 0.6 is 0 Å². The fourth-order valence-corrected chi connectivity index (χ4v) is 2.03. The largest absolute Gasteiger partial charge is 0.365 e. The van der Waals surface area contributed by atoms with Crippen molar-refractivity contribution in [2.75, 3.05) is 26.7 Å². The summed E-state index contributed by atoms with van der Waals surface area (Å²) >= 11 is 0. The fraction of sp³-hybridized carbons (Fsp3) is 0.727. The van der Waals surface area contributed by atoms with Gasteiger partial charge in [0, 0.05) is 26.6 Å². The molecule has 0 aliphatic carbocycles. The summed E-state index contributed by atoms with van der Waals surface area (Å²) in [5.41, 5.74) is 0. The Bertz CT molecular complexity index is 371. The van der Waals surface area contributed by atoms with Gasteiger partial charge in [0.05, 0.1) is 6.10 Å². The molecule has 0 aromatic carbocycles. The number of carbonyl (C=O) groups is 3. The molecule has 0 spiro atoms. The van der Waals surface area contributed by atoms with E-state index in [2.05, 4.69) is 10.6 Å². The summed E-state index contributed by atoms with van der Waals surface area (Å²) in [4.78, 5) is 35.5. The first-order valence-corrected chi connectivity index (χ1v) is 5.99. The van der Waals surface area contributed by atoms with Crippen LogP contribution in [0, 0.1) is 0 Å². The van der Waals surface area contributed by atoms with E-state index in [-0.39, 0.29) is 30.4 Å². The van der Waals surface area contributed by atoms with Crippen LogP contribution < -0.4 is 10.6 Å². The van der Waals surface area contributed by atoms with Crippen molar-refractivity contribution in [1.29, 1.82) is 0 Å². The van der Waals surface area contributed by atoms with E-state index in [1.165, 1.54) is 0 Å². The molecule has 2 fully saturated rings. The number of hydrogen-bond donors (Lipinski definition) is 2. The molecule has 2 aliphatic rings. The molecule has 0 aromatic heterocycles. The van der Waals surface area contributed by atoms with Crippen LogP contribution in [0.5, 0.6) is 0 Å². The maximum absolute atomic E-state index is 11.7. The second-order valence-electron chi connectivity index (χ2n) is 4.61. The van der Waals surface area contributed by atoms with Crippen molar-refractivity contribution < 1.29 is 19.1 Å². The highest BCUT2D eigenvalue weighted by Crippen LogP contribution is 2.07. The molecule has 2 heterocycles. The number of likely N-dealkylation sites (N-methyl/N-ethyl adjacent to an activating group) is 1. The summed E-state index contributed by atoms with van der Waals surface area (Å²) in [7, 11) is 1.71. The Morgan fingerprint density at radius 2 is 2.33 bits per heavy atom. The first-order valence-electron chi connectivity index (χ1n) is 5.99. The molecule has 100 valence electrons. The molecular weight excluding hydrogens is 238 g/mol. The summed E-state index contributed by atoms with van der Waals surface area (Å²) in [5, 5.41) is 5.33. The van der Waals surface area contributed by atoms with Crippen LogP contribution in [0.1, 0.15) is 12.8 Å². The predicted octanol–water partition coefficient (Wildman–Crippen LogP) is -1.76. The molecule has 7 heteroatoms. The van der Waals surface area contributed by atoms with Crippen LogP contribution in [0.25, 0.3) is 0 Å². The fourth-order valence-electron chi connectivity index (χ4n) is 2.03. The second kappa shape index (κ2) is 5.34. The molecule has 2 saturated heterocycles. The minimum absolute atomic E-state index is 0.0528. The Morgan fingerprint density at radius 1 is 1.56 bits per heavy atom. The number of nitrogens with one attached hydrogen (secondary N) is 2. The standard InChI is InChI=1S/C11H17N3O4/c1-14-5-7(18-6-10(14)16)4-12-11(17)8-2-3-9(15)13-8/h7-8H,2-6H2,1H3,(H,12,17)(H,13,15). The topological polar surface area (TPSA) is 87.7 Å². The molecule has 2 rings (SSSR count). The third-order valence-electron chi connectivity index (χ3n) is 3.16. The minimum atomic E-state index is -0.430. The molecule has 2 N–H and O–H groups in total. The molecule has 2 aliphatic heterocycles. The quantitative estimate of drug-likeness (QED) is 0.625.